The topological polar surface area (TPSA) is 59.8 Å². The van der Waals surface area contributed by atoms with Gasteiger partial charge in [0.15, 0.2) is 0 Å². The van der Waals surface area contributed by atoms with Gasteiger partial charge in [0.05, 0.1) is 5.69 Å². The number of rotatable bonds is 4. The van der Waals surface area contributed by atoms with Crippen molar-refractivity contribution in [1.29, 1.82) is 0 Å². The molecule has 0 aliphatic carbocycles. The van der Waals surface area contributed by atoms with Crippen molar-refractivity contribution in [2.75, 3.05) is 0 Å². The first-order valence-corrected chi connectivity index (χ1v) is 7.11. The molecule has 0 radical (unpaired) electrons. The lowest BCUT2D eigenvalue weighted by Gasteiger charge is -2.04. The molecular formula is C17H15FN4O. The van der Waals surface area contributed by atoms with Crippen molar-refractivity contribution in [2.45, 2.75) is 6.54 Å². The van der Waals surface area contributed by atoms with Gasteiger partial charge in [0.25, 0.3) is 5.91 Å². The average molecular weight is 310 g/mol. The Bertz CT molecular complexity index is 830. The van der Waals surface area contributed by atoms with E-state index in [1.807, 2.05) is 12.1 Å². The van der Waals surface area contributed by atoms with Crippen molar-refractivity contribution in [1.82, 2.24) is 20.1 Å². The van der Waals surface area contributed by atoms with Crippen LogP contribution in [0.2, 0.25) is 0 Å². The van der Waals surface area contributed by atoms with Gasteiger partial charge in [0.1, 0.15) is 11.5 Å². The molecule has 116 valence electrons. The quantitative estimate of drug-likeness (QED) is 0.805. The van der Waals surface area contributed by atoms with Crippen molar-refractivity contribution in [3.8, 4) is 11.3 Å². The number of carbonyl (C=O) groups excluding carboxylic acids is 1. The van der Waals surface area contributed by atoms with Crippen molar-refractivity contribution in [3.05, 3.63) is 71.9 Å². The van der Waals surface area contributed by atoms with Crippen LogP contribution in [-0.2, 0) is 13.6 Å². The Morgan fingerprint density at radius 1 is 1.22 bits per heavy atom. The van der Waals surface area contributed by atoms with Crippen LogP contribution < -0.4 is 5.32 Å². The Hall–Kier alpha value is -3.02. The number of pyridine rings is 1. The van der Waals surface area contributed by atoms with Gasteiger partial charge in [-0.1, -0.05) is 12.1 Å². The molecule has 1 aromatic carbocycles. The van der Waals surface area contributed by atoms with Crippen molar-refractivity contribution in [3.63, 3.8) is 0 Å². The standard InChI is InChI=1S/C17H15FN4O/c1-22-16(17(23)20-11-12-6-8-19-9-7-12)10-15(21-22)13-4-2-3-5-14(13)18/h2-10H,11H2,1H3,(H,20,23). The molecule has 2 aromatic heterocycles. The van der Waals surface area contributed by atoms with E-state index in [9.17, 15) is 9.18 Å². The lowest BCUT2D eigenvalue weighted by atomic mass is 10.1. The maximum atomic E-state index is 13.8. The first-order valence-electron chi connectivity index (χ1n) is 7.11. The fourth-order valence-electron chi connectivity index (χ4n) is 2.25. The molecule has 0 atom stereocenters. The fourth-order valence-corrected chi connectivity index (χ4v) is 2.25. The third-order valence-corrected chi connectivity index (χ3v) is 3.46. The van der Waals surface area contributed by atoms with Gasteiger partial charge >= 0.3 is 0 Å². The van der Waals surface area contributed by atoms with E-state index in [-0.39, 0.29) is 11.7 Å². The number of halogens is 1. The molecule has 2 heterocycles. The largest absolute Gasteiger partial charge is 0.347 e. The first kappa shape index (κ1) is 14.9. The zero-order chi connectivity index (χ0) is 16.2. The molecule has 3 aromatic rings. The van der Waals surface area contributed by atoms with Gasteiger partial charge in [-0.2, -0.15) is 5.10 Å². The summed E-state index contributed by atoms with van der Waals surface area (Å²) in [7, 11) is 1.66. The summed E-state index contributed by atoms with van der Waals surface area (Å²) >= 11 is 0. The first-order chi connectivity index (χ1) is 11.1. The third-order valence-electron chi connectivity index (χ3n) is 3.46. The minimum Gasteiger partial charge on any atom is -0.347 e. The smallest absolute Gasteiger partial charge is 0.269 e. The van der Waals surface area contributed by atoms with Gasteiger partial charge in [-0.25, -0.2) is 4.39 Å². The Morgan fingerprint density at radius 3 is 2.70 bits per heavy atom. The van der Waals surface area contributed by atoms with E-state index in [1.54, 1.807) is 43.7 Å². The van der Waals surface area contributed by atoms with Gasteiger partial charge < -0.3 is 5.32 Å². The summed E-state index contributed by atoms with van der Waals surface area (Å²) < 4.78 is 15.3. The highest BCUT2D eigenvalue weighted by atomic mass is 19.1. The molecule has 1 N–H and O–H groups in total. The molecule has 0 aliphatic heterocycles. The van der Waals surface area contributed by atoms with Crippen molar-refractivity contribution in [2.24, 2.45) is 7.05 Å². The van der Waals surface area contributed by atoms with Crippen LogP contribution in [0.25, 0.3) is 11.3 Å². The Kier molecular flexibility index (Phi) is 4.14. The third kappa shape index (κ3) is 3.26. The normalized spacial score (nSPS) is 10.5. The van der Waals surface area contributed by atoms with Crippen LogP contribution in [0.5, 0.6) is 0 Å². The number of hydrogen-bond acceptors (Lipinski definition) is 3. The molecule has 0 saturated heterocycles. The lowest BCUT2D eigenvalue weighted by molar-refractivity contribution is 0.0941. The van der Waals surface area contributed by atoms with Gasteiger partial charge in [0, 0.05) is 31.5 Å². The Balaban J connectivity index is 1.78. The van der Waals surface area contributed by atoms with Gasteiger partial charge in [-0.05, 0) is 35.9 Å². The Labute approximate surface area is 132 Å². The second kappa shape index (κ2) is 6.39. The van der Waals surface area contributed by atoms with Crippen LogP contribution in [0.4, 0.5) is 4.39 Å². The van der Waals surface area contributed by atoms with E-state index in [2.05, 4.69) is 15.4 Å². The summed E-state index contributed by atoms with van der Waals surface area (Å²) in [6.45, 7) is 0.390. The van der Waals surface area contributed by atoms with Gasteiger partial charge in [-0.15, -0.1) is 0 Å². The maximum absolute atomic E-state index is 13.8. The second-order valence-corrected chi connectivity index (χ2v) is 5.06. The summed E-state index contributed by atoms with van der Waals surface area (Å²) in [4.78, 5) is 16.2. The molecule has 0 bridgehead atoms. The fraction of sp³-hybridized carbons (Fsp3) is 0.118. The molecule has 6 heteroatoms. The monoisotopic (exact) mass is 310 g/mol. The van der Waals surface area contributed by atoms with Gasteiger partial charge in [0.2, 0.25) is 0 Å². The molecule has 0 saturated carbocycles. The lowest BCUT2D eigenvalue weighted by Crippen LogP contribution is -2.25. The van der Waals surface area contributed by atoms with Crippen LogP contribution in [0.15, 0.2) is 54.9 Å². The zero-order valence-electron chi connectivity index (χ0n) is 12.5. The van der Waals surface area contributed by atoms with E-state index in [0.29, 0.717) is 23.5 Å². The van der Waals surface area contributed by atoms with Crippen molar-refractivity contribution < 1.29 is 9.18 Å². The number of nitrogens with one attached hydrogen (secondary N) is 1. The van der Waals surface area contributed by atoms with E-state index in [1.165, 1.54) is 10.7 Å². The number of nitrogens with zero attached hydrogens (tertiary/aromatic N) is 3. The summed E-state index contributed by atoms with van der Waals surface area (Å²) in [6, 6.07) is 11.6. The maximum Gasteiger partial charge on any atom is 0.269 e. The Morgan fingerprint density at radius 2 is 1.96 bits per heavy atom. The van der Waals surface area contributed by atoms with E-state index >= 15 is 0 Å². The molecule has 0 spiro atoms. The van der Waals surface area contributed by atoms with Gasteiger partial charge in [-0.3, -0.25) is 14.5 Å². The summed E-state index contributed by atoms with van der Waals surface area (Å²) in [5, 5.41) is 7.04. The van der Waals surface area contributed by atoms with E-state index in [4.69, 9.17) is 0 Å². The summed E-state index contributed by atoms with van der Waals surface area (Å²) in [5.74, 6) is -0.631. The number of amides is 1. The van der Waals surface area contributed by atoms with Crippen LogP contribution >= 0.6 is 0 Å². The highest BCUT2D eigenvalue weighted by Crippen LogP contribution is 2.21. The molecule has 0 fully saturated rings. The average Bonchev–Trinajstić information content (AvgIpc) is 2.96. The molecule has 3 rings (SSSR count). The van der Waals surface area contributed by atoms with Crippen LogP contribution in [0, 0.1) is 5.82 Å². The van der Waals surface area contributed by atoms with Crippen LogP contribution in [-0.4, -0.2) is 20.7 Å². The number of carbonyl (C=O) groups is 1. The molecule has 0 unspecified atom stereocenters. The summed E-state index contributed by atoms with van der Waals surface area (Å²) in [5.41, 5.74) is 2.12. The number of hydrogen-bond donors (Lipinski definition) is 1. The second-order valence-electron chi connectivity index (χ2n) is 5.06. The highest BCUT2D eigenvalue weighted by molar-refractivity contribution is 5.93. The van der Waals surface area contributed by atoms with E-state index < -0.39 is 0 Å². The molecule has 5 nitrogen and oxygen atoms in total. The number of aryl methyl sites for hydroxylation is 1. The molecule has 0 aliphatic rings. The number of benzene rings is 1. The van der Waals surface area contributed by atoms with E-state index in [0.717, 1.165) is 5.56 Å². The van der Waals surface area contributed by atoms with Crippen LogP contribution in [0.1, 0.15) is 16.1 Å². The zero-order valence-corrected chi connectivity index (χ0v) is 12.5. The predicted octanol–water partition coefficient (Wildman–Crippen LogP) is 2.55. The molecular weight excluding hydrogens is 295 g/mol. The molecule has 1 amide bonds. The number of aromatic nitrogens is 3. The molecule has 23 heavy (non-hydrogen) atoms. The van der Waals surface area contributed by atoms with Crippen molar-refractivity contribution >= 4 is 5.91 Å². The minimum atomic E-state index is -0.366. The summed E-state index contributed by atoms with van der Waals surface area (Å²) in [6.07, 6.45) is 3.34. The van der Waals surface area contributed by atoms with Crippen LogP contribution in [0.3, 0.4) is 0 Å². The minimum absolute atomic E-state index is 0.264. The predicted molar refractivity (Wildman–Crippen MR) is 84.0 cm³/mol. The SMILES string of the molecule is Cn1nc(-c2ccccc2F)cc1C(=O)NCc1ccncc1. The highest BCUT2D eigenvalue weighted by Gasteiger charge is 2.15.